The minimum absolute atomic E-state index is 0.133. The van der Waals surface area contributed by atoms with Gasteiger partial charge in [-0.3, -0.25) is 14.3 Å². The van der Waals surface area contributed by atoms with E-state index in [2.05, 4.69) is 9.97 Å². The van der Waals surface area contributed by atoms with Crippen LogP contribution >= 0.6 is 0 Å². The molecule has 2 rings (SSSR count). The maximum atomic E-state index is 11.6. The molecule has 0 unspecified atom stereocenters. The summed E-state index contributed by atoms with van der Waals surface area (Å²) in [6.07, 6.45) is 4.85. The molecule has 0 saturated heterocycles. The highest BCUT2D eigenvalue weighted by molar-refractivity contribution is 5.22. The minimum atomic E-state index is -0.133. The van der Waals surface area contributed by atoms with E-state index in [4.69, 9.17) is 0 Å². The summed E-state index contributed by atoms with van der Waals surface area (Å²) in [6, 6.07) is 5.42. The first kappa shape index (κ1) is 12.1. The van der Waals surface area contributed by atoms with Gasteiger partial charge in [0.05, 0.1) is 0 Å². The second-order valence-electron chi connectivity index (χ2n) is 2.88. The predicted molar refractivity (Wildman–Crippen MR) is 63.7 cm³/mol. The Morgan fingerprint density at radius 1 is 1.12 bits per heavy atom. The number of hydrogen-bond acceptors (Lipinski definition) is 3. The first-order chi connectivity index (χ1) is 7.79. The molecule has 4 heteroatoms. The van der Waals surface area contributed by atoms with Gasteiger partial charge in [0.15, 0.2) is 0 Å². The van der Waals surface area contributed by atoms with E-state index >= 15 is 0 Å². The van der Waals surface area contributed by atoms with Crippen LogP contribution in [0.1, 0.15) is 19.5 Å². The van der Waals surface area contributed by atoms with Crippen molar-refractivity contribution in [2.24, 2.45) is 0 Å². The average molecular weight is 217 g/mol. The van der Waals surface area contributed by atoms with E-state index in [9.17, 15) is 4.79 Å². The van der Waals surface area contributed by atoms with Crippen LogP contribution in [0.4, 0.5) is 0 Å². The number of rotatable bonds is 1. The molecule has 0 saturated carbocycles. The summed E-state index contributed by atoms with van der Waals surface area (Å²) in [5.41, 5.74) is 0.337. The smallest absolute Gasteiger partial charge is 0.267 e. The van der Waals surface area contributed by atoms with Crippen molar-refractivity contribution in [1.29, 1.82) is 0 Å². The van der Waals surface area contributed by atoms with Gasteiger partial charge in [0.25, 0.3) is 5.56 Å². The third kappa shape index (κ3) is 2.53. The zero-order chi connectivity index (χ0) is 12.0. The highest BCUT2D eigenvalue weighted by atomic mass is 16.1. The molecule has 0 amide bonds. The molecule has 0 bridgehead atoms. The monoisotopic (exact) mass is 217 g/mol. The van der Waals surface area contributed by atoms with Crippen molar-refractivity contribution in [1.82, 2.24) is 14.5 Å². The molecule has 0 aliphatic heterocycles. The topological polar surface area (TPSA) is 47.8 Å². The van der Waals surface area contributed by atoms with Crippen molar-refractivity contribution in [3.8, 4) is 5.82 Å². The largest absolute Gasteiger partial charge is 0.277 e. The van der Waals surface area contributed by atoms with Gasteiger partial charge in [-0.1, -0.05) is 19.9 Å². The van der Waals surface area contributed by atoms with Crippen molar-refractivity contribution in [2.75, 3.05) is 0 Å². The lowest BCUT2D eigenvalue weighted by molar-refractivity contribution is 0.891. The fourth-order valence-electron chi connectivity index (χ4n) is 1.19. The van der Waals surface area contributed by atoms with Crippen LogP contribution in [0.15, 0.2) is 41.6 Å². The van der Waals surface area contributed by atoms with Crippen LogP contribution in [0.3, 0.4) is 0 Å². The minimum Gasteiger partial charge on any atom is -0.267 e. The molecular formula is C12H15N3O. The highest BCUT2D eigenvalue weighted by Gasteiger charge is 2.01. The molecule has 2 aromatic heterocycles. The van der Waals surface area contributed by atoms with Gasteiger partial charge in [-0.05, 0) is 19.1 Å². The molecule has 2 heterocycles. The summed E-state index contributed by atoms with van der Waals surface area (Å²) >= 11 is 0. The van der Waals surface area contributed by atoms with Crippen molar-refractivity contribution in [3.63, 3.8) is 0 Å². The van der Waals surface area contributed by atoms with Gasteiger partial charge in [-0.2, -0.15) is 0 Å². The molecule has 4 nitrogen and oxygen atoms in total. The third-order valence-corrected chi connectivity index (χ3v) is 1.91. The molecule has 0 aliphatic carbocycles. The predicted octanol–water partition coefficient (Wildman–Crippen LogP) is 1.96. The van der Waals surface area contributed by atoms with E-state index < -0.39 is 0 Å². The Hall–Kier alpha value is -1.97. The molecule has 0 radical (unpaired) electrons. The standard InChI is InChI=1S/C10H9N3O.C2H6/c1-8-10(14)13(7-6-11-8)9-4-2-3-5-12-9;1-2/h2-7H,1H3;1-2H3. The summed E-state index contributed by atoms with van der Waals surface area (Å²) in [5.74, 6) is 0.614. The van der Waals surface area contributed by atoms with Gasteiger partial charge in [0.1, 0.15) is 11.5 Å². The van der Waals surface area contributed by atoms with Gasteiger partial charge in [-0.15, -0.1) is 0 Å². The van der Waals surface area contributed by atoms with Crippen molar-refractivity contribution in [3.05, 3.63) is 52.8 Å². The normalized spacial score (nSPS) is 9.19. The van der Waals surface area contributed by atoms with Gasteiger partial charge < -0.3 is 0 Å². The first-order valence-electron chi connectivity index (χ1n) is 5.25. The number of hydrogen-bond donors (Lipinski definition) is 0. The summed E-state index contributed by atoms with van der Waals surface area (Å²) < 4.78 is 1.47. The summed E-state index contributed by atoms with van der Waals surface area (Å²) in [4.78, 5) is 19.6. The van der Waals surface area contributed by atoms with Gasteiger partial charge in [0, 0.05) is 18.6 Å². The van der Waals surface area contributed by atoms with Gasteiger partial charge in [0.2, 0.25) is 0 Å². The molecule has 0 N–H and O–H groups in total. The molecule has 16 heavy (non-hydrogen) atoms. The molecule has 0 fully saturated rings. The van der Waals surface area contributed by atoms with E-state index in [-0.39, 0.29) is 5.56 Å². The molecule has 0 aromatic carbocycles. The van der Waals surface area contributed by atoms with E-state index in [1.54, 1.807) is 31.6 Å². The number of pyridine rings is 1. The van der Waals surface area contributed by atoms with Gasteiger partial charge >= 0.3 is 0 Å². The van der Waals surface area contributed by atoms with Gasteiger partial charge in [-0.25, -0.2) is 4.98 Å². The Balaban J connectivity index is 0.000000606. The second kappa shape index (κ2) is 5.80. The molecule has 0 spiro atoms. The fraction of sp³-hybridized carbons (Fsp3) is 0.250. The SMILES string of the molecule is CC.Cc1nccn(-c2ccccn2)c1=O. The first-order valence-corrected chi connectivity index (χ1v) is 5.25. The van der Waals surface area contributed by atoms with Crippen LogP contribution in [0.2, 0.25) is 0 Å². The quantitative estimate of drug-likeness (QED) is 0.733. The number of aryl methyl sites for hydroxylation is 1. The van der Waals surface area contributed by atoms with Crippen molar-refractivity contribution >= 4 is 0 Å². The van der Waals surface area contributed by atoms with Crippen LogP contribution in [-0.2, 0) is 0 Å². The third-order valence-electron chi connectivity index (χ3n) is 1.91. The Morgan fingerprint density at radius 3 is 2.50 bits per heavy atom. The zero-order valence-electron chi connectivity index (χ0n) is 9.71. The molecule has 2 aromatic rings. The van der Waals surface area contributed by atoms with Crippen LogP contribution in [0.5, 0.6) is 0 Å². The molecule has 0 aliphatic rings. The molecule has 84 valence electrons. The van der Waals surface area contributed by atoms with Crippen LogP contribution in [0.25, 0.3) is 5.82 Å². The lowest BCUT2D eigenvalue weighted by Gasteiger charge is -2.03. The van der Waals surface area contributed by atoms with Crippen LogP contribution in [-0.4, -0.2) is 14.5 Å². The molecule has 0 atom stereocenters. The number of aromatic nitrogens is 3. The zero-order valence-corrected chi connectivity index (χ0v) is 9.71. The summed E-state index contributed by atoms with van der Waals surface area (Å²) in [5, 5.41) is 0. The average Bonchev–Trinajstić information content (AvgIpc) is 2.36. The summed E-state index contributed by atoms with van der Waals surface area (Å²) in [7, 11) is 0. The van der Waals surface area contributed by atoms with Crippen LogP contribution in [0, 0.1) is 6.92 Å². The maximum Gasteiger partial charge on any atom is 0.277 e. The van der Waals surface area contributed by atoms with E-state index in [0.717, 1.165) is 0 Å². The fourth-order valence-corrected chi connectivity index (χ4v) is 1.19. The maximum absolute atomic E-state index is 11.6. The highest BCUT2D eigenvalue weighted by Crippen LogP contribution is 1.98. The van der Waals surface area contributed by atoms with Crippen LogP contribution < -0.4 is 5.56 Å². The molecular weight excluding hydrogens is 202 g/mol. The van der Waals surface area contributed by atoms with E-state index in [0.29, 0.717) is 11.5 Å². The number of nitrogens with zero attached hydrogens (tertiary/aromatic N) is 3. The Kier molecular flexibility index (Phi) is 4.39. The van der Waals surface area contributed by atoms with Crippen molar-refractivity contribution < 1.29 is 0 Å². The Bertz CT molecular complexity index is 491. The Morgan fingerprint density at radius 2 is 1.88 bits per heavy atom. The Labute approximate surface area is 94.6 Å². The van der Waals surface area contributed by atoms with Crippen molar-refractivity contribution in [2.45, 2.75) is 20.8 Å². The lowest BCUT2D eigenvalue weighted by Crippen LogP contribution is -2.21. The second-order valence-corrected chi connectivity index (χ2v) is 2.88. The lowest BCUT2D eigenvalue weighted by atomic mass is 10.4. The summed E-state index contributed by atoms with van der Waals surface area (Å²) in [6.45, 7) is 5.68. The van der Waals surface area contributed by atoms with E-state index in [1.807, 2.05) is 26.0 Å². The van der Waals surface area contributed by atoms with E-state index in [1.165, 1.54) is 4.57 Å².